The summed E-state index contributed by atoms with van der Waals surface area (Å²) in [7, 11) is 0. The molecule has 0 aromatic heterocycles. The Bertz CT molecular complexity index is 697. The monoisotopic (exact) mass is 353 g/mol. The maximum atomic E-state index is 13.9. The quantitative estimate of drug-likeness (QED) is 0.526. The zero-order valence-electron chi connectivity index (χ0n) is 10.0. The van der Waals surface area contributed by atoms with Gasteiger partial charge in [-0.3, -0.25) is 0 Å². The molecule has 0 spiro atoms. The highest BCUT2D eigenvalue weighted by atomic mass is 79.9. The van der Waals surface area contributed by atoms with Gasteiger partial charge in [-0.1, -0.05) is 57.9 Å². The number of nitrogens with zero attached hydrogens (tertiary/aromatic N) is 1. The molecule has 5 heteroatoms. The van der Waals surface area contributed by atoms with Gasteiger partial charge < -0.3 is 0 Å². The van der Waals surface area contributed by atoms with Gasteiger partial charge in [0.05, 0.1) is 16.2 Å². The predicted octanol–water partition coefficient (Wildman–Crippen LogP) is 5.36. The van der Waals surface area contributed by atoms with Crippen LogP contribution >= 0.6 is 27.5 Å². The van der Waals surface area contributed by atoms with E-state index in [-0.39, 0.29) is 15.1 Å². The highest BCUT2D eigenvalue weighted by Gasteiger charge is 2.18. The predicted molar refractivity (Wildman–Crippen MR) is 78.8 cm³/mol. The van der Waals surface area contributed by atoms with E-state index in [1.807, 2.05) is 6.07 Å². The molecule has 0 aliphatic heterocycles. The van der Waals surface area contributed by atoms with Gasteiger partial charge in [0, 0.05) is 4.47 Å². The van der Waals surface area contributed by atoms with Crippen LogP contribution in [0.4, 0.5) is 8.78 Å². The van der Waals surface area contributed by atoms with Crippen molar-refractivity contribution in [1.29, 1.82) is 5.26 Å². The van der Waals surface area contributed by atoms with Crippen LogP contribution in [0.2, 0.25) is 0 Å². The summed E-state index contributed by atoms with van der Waals surface area (Å²) in [5.41, 5.74) is 0.115. The SMILES string of the molecule is N#C/C(=C(\Cl)c1c(F)cc(Br)cc1F)c1ccccc1. The van der Waals surface area contributed by atoms with Gasteiger partial charge in [-0.15, -0.1) is 0 Å². The van der Waals surface area contributed by atoms with E-state index in [1.54, 1.807) is 30.3 Å². The van der Waals surface area contributed by atoms with Crippen molar-refractivity contribution >= 4 is 38.1 Å². The van der Waals surface area contributed by atoms with E-state index in [0.717, 1.165) is 12.1 Å². The standard InChI is InChI=1S/C15H7BrClF2N/c16-10-6-12(18)14(13(19)7-10)15(17)11(8-20)9-4-2-1-3-5-9/h1-7H/b15-11+. The molecule has 0 amide bonds. The smallest absolute Gasteiger partial charge is 0.136 e. The van der Waals surface area contributed by atoms with Crippen LogP contribution in [0.15, 0.2) is 46.9 Å². The second-order valence-electron chi connectivity index (χ2n) is 3.91. The lowest BCUT2D eigenvalue weighted by Crippen LogP contribution is -1.95. The molecule has 0 fully saturated rings. The molecule has 0 N–H and O–H groups in total. The molecule has 2 aromatic rings. The van der Waals surface area contributed by atoms with E-state index < -0.39 is 17.2 Å². The van der Waals surface area contributed by atoms with Gasteiger partial charge in [0.2, 0.25) is 0 Å². The molecule has 2 aromatic carbocycles. The second-order valence-corrected chi connectivity index (χ2v) is 5.20. The lowest BCUT2D eigenvalue weighted by atomic mass is 10.0. The second kappa shape index (κ2) is 6.17. The molecule has 0 saturated carbocycles. The topological polar surface area (TPSA) is 23.8 Å². The molecule has 1 nitrogen and oxygen atoms in total. The number of rotatable bonds is 2. The number of hydrogen-bond donors (Lipinski definition) is 0. The van der Waals surface area contributed by atoms with Crippen LogP contribution in [0, 0.1) is 23.0 Å². The summed E-state index contributed by atoms with van der Waals surface area (Å²) in [6.45, 7) is 0. The fraction of sp³-hybridized carbons (Fsp3) is 0. The Hall–Kier alpha value is -1.70. The Kier molecular flexibility index (Phi) is 4.53. The Labute approximate surface area is 128 Å². The van der Waals surface area contributed by atoms with Crippen molar-refractivity contribution in [2.45, 2.75) is 0 Å². The van der Waals surface area contributed by atoms with Crippen molar-refractivity contribution in [3.05, 3.63) is 69.7 Å². The number of halogens is 4. The first-order chi connectivity index (χ1) is 9.54. The average Bonchev–Trinajstić information content (AvgIpc) is 2.39. The molecule has 0 bridgehead atoms. The largest absolute Gasteiger partial charge is 0.206 e. The minimum Gasteiger partial charge on any atom is -0.206 e. The summed E-state index contributed by atoms with van der Waals surface area (Å²) in [6.07, 6.45) is 0. The van der Waals surface area contributed by atoms with Gasteiger partial charge in [0.25, 0.3) is 0 Å². The van der Waals surface area contributed by atoms with Crippen LogP contribution in [0.3, 0.4) is 0 Å². The fourth-order valence-corrected chi connectivity index (χ4v) is 2.46. The van der Waals surface area contributed by atoms with Crippen LogP contribution in [-0.2, 0) is 0 Å². The van der Waals surface area contributed by atoms with Gasteiger partial charge in [0.1, 0.15) is 17.7 Å². The van der Waals surface area contributed by atoms with Gasteiger partial charge in [0.15, 0.2) is 0 Å². The molecule has 0 radical (unpaired) electrons. The molecule has 0 aliphatic rings. The molecule has 0 unspecified atom stereocenters. The molecular formula is C15H7BrClF2N. The Morgan fingerprint density at radius 3 is 2.15 bits per heavy atom. The first-order valence-electron chi connectivity index (χ1n) is 5.54. The van der Waals surface area contributed by atoms with Crippen molar-refractivity contribution in [3.63, 3.8) is 0 Å². The molecule has 2 rings (SSSR count). The first kappa shape index (κ1) is 14.7. The van der Waals surface area contributed by atoms with E-state index in [0.29, 0.717) is 5.56 Å². The Balaban J connectivity index is 2.68. The van der Waals surface area contributed by atoms with E-state index in [9.17, 15) is 14.0 Å². The average molecular weight is 355 g/mol. The summed E-state index contributed by atoms with van der Waals surface area (Å²) in [6, 6.07) is 12.6. The maximum Gasteiger partial charge on any atom is 0.136 e. The first-order valence-corrected chi connectivity index (χ1v) is 6.72. The molecule has 100 valence electrons. The van der Waals surface area contributed by atoms with Crippen molar-refractivity contribution < 1.29 is 8.78 Å². The number of benzene rings is 2. The van der Waals surface area contributed by atoms with E-state index in [1.165, 1.54) is 0 Å². The van der Waals surface area contributed by atoms with Gasteiger partial charge in [-0.2, -0.15) is 5.26 Å². The van der Waals surface area contributed by atoms with Crippen molar-refractivity contribution in [3.8, 4) is 6.07 Å². The molecule has 0 saturated heterocycles. The normalized spacial score (nSPS) is 11.8. The van der Waals surface area contributed by atoms with Crippen molar-refractivity contribution in [1.82, 2.24) is 0 Å². The van der Waals surface area contributed by atoms with Gasteiger partial charge >= 0.3 is 0 Å². The third-order valence-electron chi connectivity index (χ3n) is 2.62. The molecule has 0 heterocycles. The van der Waals surface area contributed by atoms with Crippen molar-refractivity contribution in [2.75, 3.05) is 0 Å². The maximum absolute atomic E-state index is 13.9. The third kappa shape index (κ3) is 2.90. The summed E-state index contributed by atoms with van der Waals surface area (Å²) in [4.78, 5) is 0. The van der Waals surface area contributed by atoms with Crippen LogP contribution in [0.25, 0.3) is 10.6 Å². The Morgan fingerprint density at radius 1 is 1.10 bits per heavy atom. The summed E-state index contributed by atoms with van der Waals surface area (Å²) >= 11 is 9.02. The number of allylic oxidation sites excluding steroid dienone is 1. The number of nitriles is 1. The van der Waals surface area contributed by atoms with Crippen LogP contribution < -0.4 is 0 Å². The van der Waals surface area contributed by atoms with Crippen molar-refractivity contribution in [2.24, 2.45) is 0 Å². The van der Waals surface area contributed by atoms with Crippen LogP contribution in [-0.4, -0.2) is 0 Å². The molecule has 0 atom stereocenters. The summed E-state index contributed by atoms with van der Waals surface area (Å²) < 4.78 is 28.0. The van der Waals surface area contributed by atoms with Gasteiger partial charge in [-0.25, -0.2) is 8.78 Å². The molecular weight excluding hydrogens is 348 g/mol. The van der Waals surface area contributed by atoms with E-state index in [4.69, 9.17) is 11.6 Å². The molecule has 0 aliphatic carbocycles. The highest BCUT2D eigenvalue weighted by Crippen LogP contribution is 2.33. The Morgan fingerprint density at radius 2 is 1.65 bits per heavy atom. The highest BCUT2D eigenvalue weighted by molar-refractivity contribution is 9.10. The zero-order chi connectivity index (χ0) is 14.7. The molecule has 20 heavy (non-hydrogen) atoms. The lowest BCUT2D eigenvalue weighted by molar-refractivity contribution is 0.577. The zero-order valence-corrected chi connectivity index (χ0v) is 12.3. The number of hydrogen-bond acceptors (Lipinski definition) is 1. The van der Waals surface area contributed by atoms with Crippen LogP contribution in [0.1, 0.15) is 11.1 Å². The third-order valence-corrected chi connectivity index (χ3v) is 3.46. The van der Waals surface area contributed by atoms with Crippen LogP contribution in [0.5, 0.6) is 0 Å². The summed E-state index contributed by atoms with van der Waals surface area (Å²) in [5.74, 6) is -1.66. The lowest BCUT2D eigenvalue weighted by Gasteiger charge is -2.07. The van der Waals surface area contributed by atoms with E-state index in [2.05, 4.69) is 15.9 Å². The van der Waals surface area contributed by atoms with Gasteiger partial charge in [-0.05, 0) is 17.7 Å². The fourth-order valence-electron chi connectivity index (χ4n) is 1.72. The minimum absolute atomic E-state index is 0.0207. The summed E-state index contributed by atoms with van der Waals surface area (Å²) in [5, 5.41) is 8.95. The van der Waals surface area contributed by atoms with E-state index >= 15 is 0 Å². The minimum atomic E-state index is -0.828.